The largest absolute Gasteiger partial charge is 0.292 e. The summed E-state index contributed by atoms with van der Waals surface area (Å²) in [5.74, 6) is 1.80. The van der Waals surface area contributed by atoms with Crippen LogP contribution in [-0.4, -0.2) is 48.3 Å². The van der Waals surface area contributed by atoms with E-state index in [1.165, 1.54) is 0 Å². The molecule has 0 spiro atoms. The molecule has 11 heavy (non-hydrogen) atoms. The molecule has 1 saturated heterocycles. The van der Waals surface area contributed by atoms with E-state index in [1.807, 2.05) is 4.90 Å². The van der Waals surface area contributed by atoms with Crippen LogP contribution < -0.4 is 0 Å². The van der Waals surface area contributed by atoms with Crippen molar-refractivity contribution >= 4 is 21.9 Å². The Balaban J connectivity index is 2.22. The van der Waals surface area contributed by atoms with Crippen molar-refractivity contribution in [3.8, 4) is 0 Å². The lowest BCUT2D eigenvalue weighted by molar-refractivity contribution is 0.370. The van der Waals surface area contributed by atoms with Gasteiger partial charge in [0, 0.05) is 24.7 Å². The van der Waals surface area contributed by atoms with E-state index in [9.17, 15) is 8.42 Å². The fourth-order valence-corrected chi connectivity index (χ4v) is 2.39. The highest BCUT2D eigenvalue weighted by molar-refractivity contribution is 7.99. The maximum atomic E-state index is 10.3. The number of thioether (sulfide) groups is 1. The molecule has 1 heterocycles. The van der Waals surface area contributed by atoms with Gasteiger partial charge < -0.3 is 0 Å². The number of rotatable bonds is 3. The second kappa shape index (κ2) is 3.75. The Morgan fingerprint density at radius 1 is 1.55 bits per heavy atom. The molecule has 0 aromatic heterocycles. The lowest BCUT2D eigenvalue weighted by atomic mass is 10.6. The van der Waals surface area contributed by atoms with Crippen molar-refractivity contribution in [3.63, 3.8) is 0 Å². The molecule has 1 rings (SSSR count). The molecule has 1 aliphatic rings. The average Bonchev–Trinajstić information content (AvgIpc) is 2.32. The SMILES string of the molecule is O=S(=O)(O)CCN1CCSC1. The van der Waals surface area contributed by atoms with E-state index in [2.05, 4.69) is 0 Å². The van der Waals surface area contributed by atoms with Gasteiger partial charge in [-0.3, -0.25) is 9.45 Å². The minimum absolute atomic E-state index is 0.145. The predicted molar refractivity (Wildman–Crippen MR) is 45.3 cm³/mol. The Bertz CT molecular complexity index is 208. The fraction of sp³-hybridized carbons (Fsp3) is 1.00. The van der Waals surface area contributed by atoms with Gasteiger partial charge in [0.2, 0.25) is 0 Å². The van der Waals surface area contributed by atoms with E-state index in [0.717, 1.165) is 18.2 Å². The van der Waals surface area contributed by atoms with Crippen molar-refractivity contribution in [1.29, 1.82) is 0 Å². The summed E-state index contributed by atoms with van der Waals surface area (Å²) in [6.45, 7) is 1.38. The van der Waals surface area contributed by atoms with Crippen LogP contribution >= 0.6 is 11.8 Å². The molecule has 1 aliphatic heterocycles. The van der Waals surface area contributed by atoms with Crippen LogP contribution in [0.2, 0.25) is 0 Å². The molecular weight excluding hydrogens is 186 g/mol. The van der Waals surface area contributed by atoms with Gasteiger partial charge in [0.05, 0.1) is 5.75 Å². The van der Waals surface area contributed by atoms with Crippen molar-refractivity contribution in [2.75, 3.05) is 30.5 Å². The Hall–Kier alpha value is 0.220. The summed E-state index contributed by atoms with van der Waals surface area (Å²) in [5, 5.41) is 0. The fourth-order valence-electron chi connectivity index (χ4n) is 0.873. The summed E-state index contributed by atoms with van der Waals surface area (Å²) in [5.41, 5.74) is 0. The third-order valence-electron chi connectivity index (χ3n) is 1.49. The van der Waals surface area contributed by atoms with Crippen LogP contribution in [0.3, 0.4) is 0 Å². The quantitative estimate of drug-likeness (QED) is 0.639. The summed E-state index contributed by atoms with van der Waals surface area (Å²) in [6, 6.07) is 0. The van der Waals surface area contributed by atoms with Crippen molar-refractivity contribution in [2.24, 2.45) is 0 Å². The molecule has 1 N–H and O–H groups in total. The monoisotopic (exact) mass is 197 g/mol. The molecule has 0 aliphatic carbocycles. The van der Waals surface area contributed by atoms with Crippen molar-refractivity contribution in [1.82, 2.24) is 4.90 Å². The van der Waals surface area contributed by atoms with Gasteiger partial charge in [-0.25, -0.2) is 0 Å². The lowest BCUT2D eigenvalue weighted by Gasteiger charge is -2.11. The van der Waals surface area contributed by atoms with Crippen molar-refractivity contribution < 1.29 is 13.0 Å². The molecule has 0 radical (unpaired) electrons. The first-order chi connectivity index (χ1) is 5.08. The first-order valence-corrected chi connectivity index (χ1v) is 6.09. The Morgan fingerprint density at radius 3 is 2.73 bits per heavy atom. The smallest absolute Gasteiger partial charge is 0.266 e. The molecule has 0 aromatic rings. The molecule has 4 nitrogen and oxygen atoms in total. The molecule has 0 saturated carbocycles. The van der Waals surface area contributed by atoms with E-state index < -0.39 is 10.1 Å². The predicted octanol–water partition coefficient (Wildman–Crippen LogP) is -0.119. The number of hydrogen-bond acceptors (Lipinski definition) is 4. The molecule has 0 bridgehead atoms. The van der Waals surface area contributed by atoms with Gasteiger partial charge in [0.25, 0.3) is 10.1 Å². The maximum absolute atomic E-state index is 10.3. The molecular formula is C5H11NO3S2. The highest BCUT2D eigenvalue weighted by Gasteiger charge is 2.14. The Labute approximate surface area is 70.7 Å². The molecule has 66 valence electrons. The highest BCUT2D eigenvalue weighted by Crippen LogP contribution is 2.12. The van der Waals surface area contributed by atoms with E-state index in [4.69, 9.17) is 4.55 Å². The first kappa shape index (κ1) is 9.31. The van der Waals surface area contributed by atoms with Gasteiger partial charge in [-0.15, -0.1) is 11.8 Å². The third kappa shape index (κ3) is 3.95. The zero-order valence-corrected chi connectivity index (χ0v) is 7.70. The molecule has 1 fully saturated rings. The van der Waals surface area contributed by atoms with Gasteiger partial charge in [0.1, 0.15) is 0 Å². The van der Waals surface area contributed by atoms with Crippen LogP contribution in [0.4, 0.5) is 0 Å². The normalized spacial score (nSPS) is 20.8. The standard InChI is InChI=1S/C5H11NO3S2/c7-11(8,9)4-2-6-1-3-10-5-6/h1-5H2,(H,7,8,9). The van der Waals surface area contributed by atoms with E-state index in [0.29, 0.717) is 6.54 Å². The third-order valence-corrected chi connectivity index (χ3v) is 3.21. The van der Waals surface area contributed by atoms with E-state index >= 15 is 0 Å². The zero-order valence-electron chi connectivity index (χ0n) is 6.06. The van der Waals surface area contributed by atoms with Crippen LogP contribution in [0.1, 0.15) is 0 Å². The number of nitrogens with zero attached hydrogens (tertiary/aromatic N) is 1. The van der Waals surface area contributed by atoms with Crippen molar-refractivity contribution in [2.45, 2.75) is 0 Å². The minimum Gasteiger partial charge on any atom is -0.292 e. The van der Waals surface area contributed by atoms with Gasteiger partial charge in [0.15, 0.2) is 0 Å². The van der Waals surface area contributed by atoms with Crippen LogP contribution in [0.15, 0.2) is 0 Å². The second-order valence-corrected chi connectivity index (χ2v) is 5.09. The Morgan fingerprint density at radius 2 is 2.27 bits per heavy atom. The molecule has 0 unspecified atom stereocenters. The number of hydrogen-bond donors (Lipinski definition) is 1. The van der Waals surface area contributed by atoms with Crippen molar-refractivity contribution in [3.05, 3.63) is 0 Å². The summed E-state index contributed by atoms with van der Waals surface area (Å²) < 4.78 is 29.0. The highest BCUT2D eigenvalue weighted by atomic mass is 32.2. The summed E-state index contributed by atoms with van der Waals surface area (Å²) >= 11 is 1.78. The Kier molecular flexibility index (Phi) is 3.17. The van der Waals surface area contributed by atoms with Crippen LogP contribution in [-0.2, 0) is 10.1 Å². The van der Waals surface area contributed by atoms with Gasteiger partial charge in [-0.2, -0.15) is 8.42 Å². The van der Waals surface area contributed by atoms with Crippen LogP contribution in [0.5, 0.6) is 0 Å². The van der Waals surface area contributed by atoms with E-state index in [1.54, 1.807) is 11.8 Å². The van der Waals surface area contributed by atoms with Gasteiger partial charge >= 0.3 is 0 Å². The second-order valence-electron chi connectivity index (χ2n) is 2.44. The van der Waals surface area contributed by atoms with E-state index in [-0.39, 0.29) is 5.75 Å². The minimum atomic E-state index is -3.76. The molecule has 0 atom stereocenters. The lowest BCUT2D eigenvalue weighted by Crippen LogP contribution is -2.26. The maximum Gasteiger partial charge on any atom is 0.266 e. The average molecular weight is 197 g/mol. The zero-order chi connectivity index (χ0) is 8.32. The van der Waals surface area contributed by atoms with Crippen LogP contribution in [0.25, 0.3) is 0 Å². The summed E-state index contributed by atoms with van der Waals surface area (Å²) in [6.07, 6.45) is 0. The van der Waals surface area contributed by atoms with Gasteiger partial charge in [-0.1, -0.05) is 0 Å². The molecule has 0 amide bonds. The molecule has 0 aromatic carbocycles. The first-order valence-electron chi connectivity index (χ1n) is 3.33. The summed E-state index contributed by atoms with van der Waals surface area (Å²) in [4.78, 5) is 2.01. The molecule has 6 heteroatoms. The topological polar surface area (TPSA) is 57.6 Å². The van der Waals surface area contributed by atoms with Gasteiger partial charge in [-0.05, 0) is 0 Å². The summed E-state index contributed by atoms with van der Waals surface area (Å²) in [7, 11) is -3.76. The van der Waals surface area contributed by atoms with Crippen LogP contribution in [0, 0.1) is 0 Å².